The van der Waals surface area contributed by atoms with Crippen LogP contribution in [0, 0.1) is 13.8 Å². The average Bonchev–Trinajstić information content (AvgIpc) is 2.59. The fraction of sp³-hybridized carbons (Fsp3) is 0.100. The number of hydrogen-bond acceptors (Lipinski definition) is 2. The Bertz CT molecular complexity index is 943. The summed E-state index contributed by atoms with van der Waals surface area (Å²) in [6.45, 7) is 3.85. The van der Waals surface area contributed by atoms with Crippen molar-refractivity contribution in [2.24, 2.45) is 0 Å². The Balaban J connectivity index is 1.92. The van der Waals surface area contributed by atoms with Gasteiger partial charge in [-0.2, -0.15) is 0 Å². The Morgan fingerprint density at radius 1 is 0.958 bits per heavy atom. The van der Waals surface area contributed by atoms with Crippen LogP contribution in [0.1, 0.15) is 21.5 Å². The Labute approximate surface area is 140 Å². The van der Waals surface area contributed by atoms with Crippen molar-refractivity contribution in [3.05, 3.63) is 93.9 Å². The maximum Gasteiger partial charge on any atom is 0.255 e. The Morgan fingerprint density at radius 3 is 2.46 bits per heavy atom. The van der Waals surface area contributed by atoms with E-state index in [1.165, 1.54) is 10.6 Å². The molecule has 1 amide bonds. The van der Waals surface area contributed by atoms with Crippen LogP contribution in [0.3, 0.4) is 0 Å². The van der Waals surface area contributed by atoms with Crippen LogP contribution in [0.2, 0.25) is 0 Å². The van der Waals surface area contributed by atoms with Crippen molar-refractivity contribution in [3.63, 3.8) is 0 Å². The van der Waals surface area contributed by atoms with Gasteiger partial charge in [-0.3, -0.25) is 14.2 Å². The summed E-state index contributed by atoms with van der Waals surface area (Å²) in [5.41, 5.74) is 3.75. The number of anilines is 1. The van der Waals surface area contributed by atoms with E-state index in [0.717, 1.165) is 16.8 Å². The molecule has 3 aromatic rings. The summed E-state index contributed by atoms with van der Waals surface area (Å²) in [6.07, 6.45) is 1.64. The van der Waals surface area contributed by atoms with Crippen LogP contribution < -0.4 is 10.9 Å². The summed E-state index contributed by atoms with van der Waals surface area (Å²) in [7, 11) is 0. The van der Waals surface area contributed by atoms with Crippen LogP contribution in [0.25, 0.3) is 5.69 Å². The van der Waals surface area contributed by atoms with Crippen LogP contribution in [-0.2, 0) is 0 Å². The lowest BCUT2D eigenvalue weighted by molar-refractivity contribution is 0.102. The van der Waals surface area contributed by atoms with Crippen molar-refractivity contribution in [1.82, 2.24) is 4.57 Å². The molecule has 3 rings (SSSR count). The summed E-state index contributed by atoms with van der Waals surface area (Å²) < 4.78 is 1.51. The Kier molecular flexibility index (Phi) is 4.29. The zero-order valence-electron chi connectivity index (χ0n) is 13.6. The van der Waals surface area contributed by atoms with Crippen LogP contribution in [0.4, 0.5) is 5.69 Å². The third-order valence-corrected chi connectivity index (χ3v) is 3.84. The number of amides is 1. The first-order valence-electron chi connectivity index (χ1n) is 7.71. The molecule has 4 nitrogen and oxygen atoms in total. The molecule has 120 valence electrons. The molecule has 2 aromatic carbocycles. The van der Waals surface area contributed by atoms with Gasteiger partial charge in [0, 0.05) is 23.5 Å². The molecule has 0 saturated carbocycles. The van der Waals surface area contributed by atoms with Gasteiger partial charge >= 0.3 is 0 Å². The van der Waals surface area contributed by atoms with Gasteiger partial charge in [-0.05, 0) is 43.7 Å². The highest BCUT2D eigenvalue weighted by atomic mass is 16.1. The zero-order chi connectivity index (χ0) is 17.1. The fourth-order valence-electron chi connectivity index (χ4n) is 2.53. The molecule has 24 heavy (non-hydrogen) atoms. The number of benzene rings is 2. The van der Waals surface area contributed by atoms with Crippen molar-refractivity contribution in [2.75, 3.05) is 5.32 Å². The molecule has 0 radical (unpaired) electrons. The molecule has 0 atom stereocenters. The van der Waals surface area contributed by atoms with Crippen molar-refractivity contribution in [1.29, 1.82) is 0 Å². The highest BCUT2D eigenvalue weighted by Gasteiger charge is 2.10. The molecule has 4 heteroatoms. The van der Waals surface area contributed by atoms with E-state index in [4.69, 9.17) is 0 Å². The Hall–Kier alpha value is -3.14. The number of hydrogen-bond donors (Lipinski definition) is 1. The first kappa shape index (κ1) is 15.7. The molecule has 1 heterocycles. The second-order valence-electron chi connectivity index (χ2n) is 5.73. The molecule has 0 unspecified atom stereocenters. The molecule has 0 spiro atoms. The van der Waals surface area contributed by atoms with Gasteiger partial charge in [0.15, 0.2) is 0 Å². The van der Waals surface area contributed by atoms with Gasteiger partial charge in [-0.15, -0.1) is 0 Å². The summed E-state index contributed by atoms with van der Waals surface area (Å²) in [4.78, 5) is 24.6. The third kappa shape index (κ3) is 3.27. The largest absolute Gasteiger partial charge is 0.321 e. The van der Waals surface area contributed by atoms with Crippen molar-refractivity contribution >= 4 is 11.6 Å². The number of nitrogens with zero attached hydrogens (tertiary/aromatic N) is 1. The predicted molar refractivity (Wildman–Crippen MR) is 95.9 cm³/mol. The highest BCUT2D eigenvalue weighted by molar-refractivity contribution is 6.05. The van der Waals surface area contributed by atoms with E-state index in [9.17, 15) is 9.59 Å². The van der Waals surface area contributed by atoms with Crippen LogP contribution in [0.5, 0.6) is 0 Å². The maximum absolute atomic E-state index is 12.5. The lowest BCUT2D eigenvalue weighted by Gasteiger charge is -2.11. The number of rotatable bonds is 3. The minimum absolute atomic E-state index is 0.147. The van der Waals surface area contributed by atoms with Gasteiger partial charge in [0.2, 0.25) is 0 Å². The topological polar surface area (TPSA) is 51.1 Å². The fourth-order valence-corrected chi connectivity index (χ4v) is 2.53. The van der Waals surface area contributed by atoms with Gasteiger partial charge < -0.3 is 5.32 Å². The second kappa shape index (κ2) is 6.54. The minimum atomic E-state index is -0.186. The minimum Gasteiger partial charge on any atom is -0.321 e. The molecule has 0 aliphatic carbocycles. The normalized spacial score (nSPS) is 10.4. The molecule has 1 aromatic heterocycles. The maximum atomic E-state index is 12.5. The predicted octanol–water partition coefficient (Wildman–Crippen LogP) is 3.71. The first-order valence-corrected chi connectivity index (χ1v) is 7.71. The number of para-hydroxylation sites is 1. The van der Waals surface area contributed by atoms with E-state index >= 15 is 0 Å². The molecular formula is C20H18N2O2. The number of nitrogens with one attached hydrogen (secondary N) is 1. The average molecular weight is 318 g/mol. The van der Waals surface area contributed by atoms with Crippen molar-refractivity contribution in [2.45, 2.75) is 13.8 Å². The number of aromatic nitrogens is 1. The molecule has 0 saturated heterocycles. The smallest absolute Gasteiger partial charge is 0.255 e. The number of pyridine rings is 1. The molecule has 0 fully saturated rings. The molecule has 1 N–H and O–H groups in total. The van der Waals surface area contributed by atoms with Gasteiger partial charge in [-0.1, -0.05) is 35.9 Å². The van der Waals surface area contributed by atoms with E-state index in [1.807, 2.05) is 62.4 Å². The van der Waals surface area contributed by atoms with Crippen molar-refractivity contribution < 1.29 is 4.79 Å². The molecule has 0 aliphatic heterocycles. The quantitative estimate of drug-likeness (QED) is 0.800. The van der Waals surface area contributed by atoms with Crippen LogP contribution in [-0.4, -0.2) is 10.5 Å². The van der Waals surface area contributed by atoms with E-state index in [1.54, 1.807) is 12.3 Å². The summed E-state index contributed by atoms with van der Waals surface area (Å²) in [6, 6.07) is 18.1. The lowest BCUT2D eigenvalue weighted by atomic mass is 10.1. The Morgan fingerprint density at radius 2 is 1.71 bits per heavy atom. The van der Waals surface area contributed by atoms with Gasteiger partial charge in [0.05, 0.1) is 5.69 Å². The summed E-state index contributed by atoms with van der Waals surface area (Å²) in [5.74, 6) is -0.186. The molecule has 0 bridgehead atoms. The number of carbonyl (C=O) groups is 1. The monoisotopic (exact) mass is 318 g/mol. The van der Waals surface area contributed by atoms with Gasteiger partial charge in [-0.25, -0.2) is 0 Å². The third-order valence-electron chi connectivity index (χ3n) is 3.84. The molecule has 0 aliphatic rings. The molecular weight excluding hydrogens is 300 g/mol. The summed E-state index contributed by atoms with van der Waals surface area (Å²) in [5, 5.41) is 2.86. The van der Waals surface area contributed by atoms with Crippen molar-refractivity contribution in [3.8, 4) is 5.69 Å². The van der Waals surface area contributed by atoms with Gasteiger partial charge in [0.25, 0.3) is 11.5 Å². The van der Waals surface area contributed by atoms with E-state index < -0.39 is 0 Å². The van der Waals surface area contributed by atoms with E-state index in [-0.39, 0.29) is 11.5 Å². The zero-order valence-corrected chi connectivity index (χ0v) is 13.6. The summed E-state index contributed by atoms with van der Waals surface area (Å²) >= 11 is 0. The second-order valence-corrected chi connectivity index (χ2v) is 5.73. The lowest BCUT2D eigenvalue weighted by Crippen LogP contribution is -2.19. The van der Waals surface area contributed by atoms with Gasteiger partial charge in [0.1, 0.15) is 0 Å². The highest BCUT2D eigenvalue weighted by Crippen LogP contribution is 2.14. The SMILES string of the molecule is Cc1ccc(C)c(C(=O)Nc2ccc(=O)n(-c3ccccc3)c2)c1. The number of carbonyl (C=O) groups excluding carboxylic acids is 1. The van der Waals surface area contributed by atoms with Crippen LogP contribution >= 0.6 is 0 Å². The first-order chi connectivity index (χ1) is 11.5. The van der Waals surface area contributed by atoms with Crippen LogP contribution in [0.15, 0.2) is 71.7 Å². The number of aryl methyl sites for hydroxylation is 2. The van der Waals surface area contributed by atoms with E-state index in [0.29, 0.717) is 11.3 Å². The van der Waals surface area contributed by atoms with E-state index in [2.05, 4.69) is 5.32 Å². The standard InChI is InChI=1S/C20H18N2O2/c1-14-8-9-15(2)18(12-14)20(24)21-16-10-11-19(23)22(13-16)17-6-4-3-5-7-17/h3-13H,1-2H3,(H,21,24).